The number of nitrogens with one attached hydrogen (secondary N) is 1. The number of aromatic hydroxyl groups is 1. The standard InChI is InChI=1S/C17H15NO5/c1-2-22-11-4-5-12-15(8-11)23-16-9-14(19)10(3-6-17(20)21)7-13(16)18-12/h2,4-5,7-9,18-19H,1,3,6H2,(H,20,21). The molecule has 1 aliphatic rings. The molecule has 2 aromatic carbocycles. The molecule has 0 aromatic heterocycles. The molecule has 118 valence electrons. The number of benzene rings is 2. The summed E-state index contributed by atoms with van der Waals surface area (Å²) in [6, 6.07) is 8.46. The lowest BCUT2D eigenvalue weighted by molar-refractivity contribution is -0.136. The number of anilines is 2. The number of aryl methyl sites for hydroxylation is 1. The Morgan fingerprint density at radius 3 is 2.78 bits per heavy atom. The molecule has 0 bridgehead atoms. The van der Waals surface area contributed by atoms with Gasteiger partial charge >= 0.3 is 5.97 Å². The number of carbonyl (C=O) groups is 1. The van der Waals surface area contributed by atoms with Crippen molar-refractivity contribution >= 4 is 17.3 Å². The van der Waals surface area contributed by atoms with E-state index in [9.17, 15) is 9.90 Å². The predicted octanol–water partition coefficient (Wildman–Crippen LogP) is 3.78. The highest BCUT2D eigenvalue weighted by Gasteiger charge is 2.19. The Morgan fingerprint density at radius 1 is 1.26 bits per heavy atom. The minimum Gasteiger partial charge on any atom is -0.508 e. The lowest BCUT2D eigenvalue weighted by atomic mass is 10.1. The third kappa shape index (κ3) is 3.06. The maximum absolute atomic E-state index is 10.7. The van der Waals surface area contributed by atoms with Crippen LogP contribution in [0, 0.1) is 0 Å². The van der Waals surface area contributed by atoms with Crippen LogP contribution in [0.2, 0.25) is 0 Å². The first-order valence-corrected chi connectivity index (χ1v) is 7.01. The number of phenolic OH excluding ortho intramolecular Hbond substituents is 1. The predicted molar refractivity (Wildman–Crippen MR) is 84.7 cm³/mol. The number of phenols is 1. The van der Waals surface area contributed by atoms with Crippen molar-refractivity contribution in [2.24, 2.45) is 0 Å². The molecule has 0 amide bonds. The molecule has 0 saturated carbocycles. The van der Waals surface area contributed by atoms with Crippen molar-refractivity contribution in [3.8, 4) is 23.0 Å². The molecule has 1 aliphatic heterocycles. The summed E-state index contributed by atoms with van der Waals surface area (Å²) in [5.74, 6) is 0.714. The van der Waals surface area contributed by atoms with Gasteiger partial charge in [-0.3, -0.25) is 4.79 Å². The molecule has 0 spiro atoms. The minimum absolute atomic E-state index is 0.00810. The molecule has 3 rings (SSSR count). The second kappa shape index (κ2) is 5.92. The van der Waals surface area contributed by atoms with Crippen molar-refractivity contribution < 1.29 is 24.5 Å². The summed E-state index contributed by atoms with van der Waals surface area (Å²) >= 11 is 0. The van der Waals surface area contributed by atoms with Gasteiger partial charge in [0.1, 0.15) is 11.5 Å². The summed E-state index contributed by atoms with van der Waals surface area (Å²) in [6.45, 7) is 3.50. The van der Waals surface area contributed by atoms with Gasteiger partial charge < -0.3 is 25.0 Å². The van der Waals surface area contributed by atoms with Gasteiger partial charge in [-0.2, -0.15) is 0 Å². The molecule has 23 heavy (non-hydrogen) atoms. The van der Waals surface area contributed by atoms with Crippen LogP contribution in [0.25, 0.3) is 0 Å². The summed E-state index contributed by atoms with van der Waals surface area (Å²) in [4.78, 5) is 10.7. The fraction of sp³-hybridized carbons (Fsp3) is 0.118. The van der Waals surface area contributed by atoms with Crippen LogP contribution < -0.4 is 14.8 Å². The Balaban J connectivity index is 1.89. The van der Waals surface area contributed by atoms with Crippen molar-refractivity contribution in [1.82, 2.24) is 0 Å². The van der Waals surface area contributed by atoms with Crippen molar-refractivity contribution in [3.63, 3.8) is 0 Å². The van der Waals surface area contributed by atoms with Gasteiger partial charge in [0.05, 0.1) is 17.6 Å². The molecule has 6 nitrogen and oxygen atoms in total. The van der Waals surface area contributed by atoms with Gasteiger partial charge in [-0.05, 0) is 30.2 Å². The van der Waals surface area contributed by atoms with Gasteiger partial charge in [0.15, 0.2) is 11.5 Å². The highest BCUT2D eigenvalue weighted by molar-refractivity contribution is 5.78. The van der Waals surface area contributed by atoms with Crippen LogP contribution in [-0.2, 0) is 11.2 Å². The summed E-state index contributed by atoms with van der Waals surface area (Å²) in [5.41, 5.74) is 1.98. The van der Waals surface area contributed by atoms with Crippen LogP contribution in [-0.4, -0.2) is 16.2 Å². The van der Waals surface area contributed by atoms with E-state index in [1.54, 1.807) is 24.3 Å². The quantitative estimate of drug-likeness (QED) is 0.491. The van der Waals surface area contributed by atoms with E-state index in [0.29, 0.717) is 28.5 Å². The third-order valence-corrected chi connectivity index (χ3v) is 3.45. The molecule has 0 unspecified atom stereocenters. The number of carboxylic acids is 1. The Kier molecular flexibility index (Phi) is 3.80. The molecule has 3 N–H and O–H groups in total. The average Bonchev–Trinajstić information content (AvgIpc) is 2.51. The number of ether oxygens (including phenoxy) is 2. The van der Waals surface area contributed by atoms with Crippen molar-refractivity contribution in [2.75, 3.05) is 5.32 Å². The zero-order valence-electron chi connectivity index (χ0n) is 12.2. The van der Waals surface area contributed by atoms with Gasteiger partial charge in [-0.25, -0.2) is 0 Å². The Labute approximate surface area is 132 Å². The second-order valence-corrected chi connectivity index (χ2v) is 5.04. The molecule has 0 atom stereocenters. The van der Waals surface area contributed by atoms with Crippen LogP contribution in [0.1, 0.15) is 12.0 Å². The van der Waals surface area contributed by atoms with E-state index < -0.39 is 5.97 Å². The van der Waals surface area contributed by atoms with Gasteiger partial charge in [0.2, 0.25) is 0 Å². The zero-order valence-corrected chi connectivity index (χ0v) is 12.2. The Bertz CT molecular complexity index is 785. The molecule has 0 fully saturated rings. The summed E-state index contributed by atoms with van der Waals surface area (Å²) < 4.78 is 11.0. The van der Waals surface area contributed by atoms with Crippen molar-refractivity contribution in [3.05, 3.63) is 48.7 Å². The smallest absolute Gasteiger partial charge is 0.303 e. The lowest BCUT2D eigenvalue weighted by Crippen LogP contribution is -2.05. The molecule has 0 radical (unpaired) electrons. The molecular weight excluding hydrogens is 298 g/mol. The zero-order chi connectivity index (χ0) is 16.4. The second-order valence-electron chi connectivity index (χ2n) is 5.04. The normalized spacial score (nSPS) is 11.5. The first-order valence-electron chi connectivity index (χ1n) is 7.01. The summed E-state index contributed by atoms with van der Waals surface area (Å²) in [6.07, 6.45) is 1.52. The fourth-order valence-electron chi connectivity index (χ4n) is 2.36. The average molecular weight is 313 g/mol. The van der Waals surface area contributed by atoms with E-state index in [-0.39, 0.29) is 18.6 Å². The van der Waals surface area contributed by atoms with Crippen molar-refractivity contribution in [2.45, 2.75) is 12.8 Å². The first-order chi connectivity index (χ1) is 11.1. The number of hydrogen-bond acceptors (Lipinski definition) is 5. The van der Waals surface area contributed by atoms with E-state index in [1.165, 1.54) is 12.3 Å². The number of aliphatic carboxylic acids is 1. The SMILES string of the molecule is C=COc1ccc2c(c1)Oc1cc(O)c(CCC(=O)O)cc1N2. The molecule has 2 aromatic rings. The van der Waals surface area contributed by atoms with Gasteiger partial charge in [0.25, 0.3) is 0 Å². The van der Waals surface area contributed by atoms with Gasteiger partial charge in [-0.15, -0.1) is 0 Å². The van der Waals surface area contributed by atoms with Crippen LogP contribution >= 0.6 is 0 Å². The third-order valence-electron chi connectivity index (χ3n) is 3.45. The van der Waals surface area contributed by atoms with E-state index in [4.69, 9.17) is 14.6 Å². The maximum Gasteiger partial charge on any atom is 0.303 e. The Morgan fingerprint density at radius 2 is 2.04 bits per heavy atom. The highest BCUT2D eigenvalue weighted by Crippen LogP contribution is 2.45. The highest BCUT2D eigenvalue weighted by atomic mass is 16.5. The van der Waals surface area contributed by atoms with E-state index in [0.717, 1.165) is 5.69 Å². The maximum atomic E-state index is 10.7. The van der Waals surface area contributed by atoms with E-state index >= 15 is 0 Å². The van der Waals surface area contributed by atoms with E-state index in [1.807, 2.05) is 0 Å². The monoisotopic (exact) mass is 313 g/mol. The molecule has 0 aliphatic carbocycles. The summed E-state index contributed by atoms with van der Waals surface area (Å²) in [7, 11) is 0. The van der Waals surface area contributed by atoms with Crippen LogP contribution in [0.4, 0.5) is 11.4 Å². The molecule has 6 heteroatoms. The van der Waals surface area contributed by atoms with Crippen LogP contribution in [0.15, 0.2) is 43.2 Å². The molecule has 1 heterocycles. The van der Waals surface area contributed by atoms with Crippen LogP contribution in [0.3, 0.4) is 0 Å². The first kappa shape index (κ1) is 14.8. The number of carboxylic acid groups (broad SMARTS) is 1. The number of rotatable bonds is 5. The van der Waals surface area contributed by atoms with Crippen LogP contribution in [0.5, 0.6) is 23.0 Å². The topological polar surface area (TPSA) is 88.0 Å². The lowest BCUT2D eigenvalue weighted by Gasteiger charge is -2.23. The Hall–Kier alpha value is -3.15. The van der Waals surface area contributed by atoms with Gasteiger partial charge in [-0.1, -0.05) is 6.58 Å². The number of hydrogen-bond donors (Lipinski definition) is 3. The van der Waals surface area contributed by atoms with Crippen molar-refractivity contribution in [1.29, 1.82) is 0 Å². The molecule has 0 saturated heterocycles. The van der Waals surface area contributed by atoms with E-state index in [2.05, 4.69) is 11.9 Å². The number of fused-ring (bicyclic) bond motifs is 2. The largest absolute Gasteiger partial charge is 0.508 e. The summed E-state index contributed by atoms with van der Waals surface area (Å²) in [5, 5.41) is 22.0. The molecular formula is C17H15NO5. The van der Waals surface area contributed by atoms with Gasteiger partial charge in [0, 0.05) is 18.6 Å². The minimum atomic E-state index is -0.911. The fourth-order valence-corrected chi connectivity index (χ4v) is 2.36.